The summed E-state index contributed by atoms with van der Waals surface area (Å²) in [6.45, 7) is 1.44. The van der Waals surface area contributed by atoms with Crippen LogP contribution in [0.15, 0.2) is 24.8 Å². The van der Waals surface area contributed by atoms with Crippen molar-refractivity contribution in [2.24, 2.45) is 7.05 Å². The highest BCUT2D eigenvalue weighted by Crippen LogP contribution is 2.30. The Morgan fingerprint density at radius 3 is 2.64 bits per heavy atom. The van der Waals surface area contributed by atoms with E-state index in [1.165, 1.54) is 18.4 Å². The van der Waals surface area contributed by atoms with Gasteiger partial charge < -0.3 is 9.88 Å². The van der Waals surface area contributed by atoms with Gasteiger partial charge in [-0.2, -0.15) is 22.5 Å². The number of H-pyrrole nitrogens is 1. The average molecular weight is 405 g/mol. The Morgan fingerprint density at radius 2 is 2.00 bits per heavy atom. The first-order chi connectivity index (χ1) is 13.3. The third kappa shape index (κ3) is 3.60. The fraction of sp³-hybridized carbons (Fsp3) is 0.471. The summed E-state index contributed by atoms with van der Waals surface area (Å²) in [6.07, 6.45) is 6.75. The average Bonchev–Trinajstić information content (AvgIpc) is 3.27. The number of nitrogens with zero attached hydrogens (tertiary/aromatic N) is 6. The van der Waals surface area contributed by atoms with E-state index in [2.05, 4.69) is 29.7 Å². The maximum Gasteiger partial charge on any atom is 0.279 e. The second-order valence-electron chi connectivity index (χ2n) is 7.21. The molecule has 0 unspecified atom stereocenters. The molecule has 0 bridgehead atoms. The lowest BCUT2D eigenvalue weighted by molar-refractivity contribution is 0.437. The van der Waals surface area contributed by atoms with E-state index in [0.29, 0.717) is 0 Å². The van der Waals surface area contributed by atoms with Crippen LogP contribution in [0.5, 0.6) is 0 Å². The van der Waals surface area contributed by atoms with Crippen LogP contribution in [0.2, 0.25) is 0 Å². The van der Waals surface area contributed by atoms with E-state index in [1.807, 2.05) is 19.3 Å². The Labute approximate surface area is 163 Å². The molecule has 11 heteroatoms. The minimum atomic E-state index is -3.41. The van der Waals surface area contributed by atoms with E-state index in [0.717, 1.165) is 54.0 Å². The zero-order valence-electron chi connectivity index (χ0n) is 16.1. The predicted octanol–water partition coefficient (Wildman–Crippen LogP) is 0.723. The van der Waals surface area contributed by atoms with E-state index in [4.69, 9.17) is 0 Å². The van der Waals surface area contributed by atoms with Gasteiger partial charge in [0.05, 0.1) is 17.3 Å². The number of aryl methyl sites for hydroxylation is 1. The fourth-order valence-corrected chi connectivity index (χ4v) is 4.29. The summed E-state index contributed by atoms with van der Waals surface area (Å²) < 4.78 is 29.8. The molecule has 1 saturated heterocycles. The van der Waals surface area contributed by atoms with Crippen LogP contribution in [0.25, 0.3) is 22.3 Å². The predicted molar refractivity (Wildman–Crippen MR) is 107 cm³/mol. The maximum absolute atomic E-state index is 12.0. The number of anilines is 1. The van der Waals surface area contributed by atoms with Gasteiger partial charge in [0.25, 0.3) is 10.2 Å². The summed E-state index contributed by atoms with van der Waals surface area (Å²) >= 11 is 0. The van der Waals surface area contributed by atoms with E-state index in [1.54, 1.807) is 17.2 Å². The van der Waals surface area contributed by atoms with Crippen LogP contribution in [0, 0.1) is 0 Å². The first-order valence-electron chi connectivity index (χ1n) is 9.11. The van der Waals surface area contributed by atoms with Crippen LogP contribution in [-0.4, -0.2) is 70.7 Å². The summed E-state index contributed by atoms with van der Waals surface area (Å²) in [5.41, 5.74) is 2.71. The van der Waals surface area contributed by atoms with E-state index in [9.17, 15) is 8.42 Å². The summed E-state index contributed by atoms with van der Waals surface area (Å²) in [5, 5.41) is 5.17. The molecule has 0 aromatic carbocycles. The smallest absolute Gasteiger partial charge is 0.279 e. The second-order valence-corrected chi connectivity index (χ2v) is 9.13. The van der Waals surface area contributed by atoms with Gasteiger partial charge in [0.1, 0.15) is 17.8 Å². The third-order valence-electron chi connectivity index (χ3n) is 5.01. The first kappa shape index (κ1) is 18.8. The minimum absolute atomic E-state index is 0.0712. The number of nitrogens with one attached hydrogen (secondary N) is 2. The second kappa shape index (κ2) is 7.15. The molecule has 0 amide bonds. The molecule has 150 valence electrons. The molecule has 28 heavy (non-hydrogen) atoms. The number of rotatable bonds is 5. The number of aromatic nitrogens is 5. The van der Waals surface area contributed by atoms with Crippen molar-refractivity contribution in [1.82, 2.24) is 33.8 Å². The van der Waals surface area contributed by atoms with Crippen molar-refractivity contribution in [3.63, 3.8) is 0 Å². The molecular formula is C17H24N8O2S. The summed E-state index contributed by atoms with van der Waals surface area (Å²) in [7, 11) is 1.52. The molecule has 1 fully saturated rings. The molecule has 1 aliphatic rings. The first-order valence-corrected chi connectivity index (χ1v) is 10.5. The third-order valence-corrected chi connectivity index (χ3v) is 6.60. The number of hydrogen-bond donors (Lipinski definition) is 2. The van der Waals surface area contributed by atoms with Crippen molar-refractivity contribution in [2.75, 3.05) is 32.1 Å². The Morgan fingerprint density at radius 1 is 1.25 bits per heavy atom. The molecule has 4 rings (SSSR count). The molecular weight excluding hydrogens is 380 g/mol. The van der Waals surface area contributed by atoms with Crippen molar-refractivity contribution in [2.45, 2.75) is 18.9 Å². The molecule has 1 aliphatic heterocycles. The quantitative estimate of drug-likeness (QED) is 0.648. The molecule has 4 heterocycles. The Kier molecular flexibility index (Phi) is 4.81. The van der Waals surface area contributed by atoms with Crippen LogP contribution >= 0.6 is 0 Å². The number of fused-ring (bicyclic) bond motifs is 1. The van der Waals surface area contributed by atoms with Gasteiger partial charge in [-0.25, -0.2) is 9.97 Å². The summed E-state index contributed by atoms with van der Waals surface area (Å²) in [6, 6.07) is 1.97. The molecule has 10 nitrogen and oxygen atoms in total. The van der Waals surface area contributed by atoms with Crippen molar-refractivity contribution in [3.8, 4) is 11.3 Å². The molecule has 0 spiro atoms. The molecule has 3 aromatic rings. The molecule has 3 aromatic heterocycles. The number of hydrogen-bond acceptors (Lipinski definition) is 6. The van der Waals surface area contributed by atoms with E-state index in [-0.39, 0.29) is 6.04 Å². The fourth-order valence-electron chi connectivity index (χ4n) is 3.42. The highest BCUT2D eigenvalue weighted by Gasteiger charge is 2.26. The van der Waals surface area contributed by atoms with Gasteiger partial charge in [-0.1, -0.05) is 0 Å². The van der Waals surface area contributed by atoms with Gasteiger partial charge in [0, 0.05) is 52.0 Å². The molecule has 0 atom stereocenters. The van der Waals surface area contributed by atoms with Gasteiger partial charge in [-0.15, -0.1) is 0 Å². The van der Waals surface area contributed by atoms with Crippen LogP contribution < -0.4 is 9.62 Å². The molecule has 0 radical (unpaired) electrons. The van der Waals surface area contributed by atoms with Gasteiger partial charge in [0.15, 0.2) is 0 Å². The van der Waals surface area contributed by atoms with Gasteiger partial charge in [0.2, 0.25) is 0 Å². The molecule has 0 aliphatic carbocycles. The lowest BCUT2D eigenvalue weighted by Gasteiger charge is -2.33. The monoisotopic (exact) mass is 404 g/mol. The Hall–Kier alpha value is -2.50. The molecule has 2 N–H and O–H groups in total. The Balaban J connectivity index is 1.53. The van der Waals surface area contributed by atoms with Gasteiger partial charge in [-0.05, 0) is 18.9 Å². The zero-order valence-corrected chi connectivity index (χ0v) is 16.9. The minimum Gasteiger partial charge on any atom is -0.356 e. The normalized spacial score (nSPS) is 16.4. The van der Waals surface area contributed by atoms with Crippen LogP contribution in [-0.2, 0) is 17.3 Å². The lowest BCUT2D eigenvalue weighted by Crippen LogP contribution is -2.48. The zero-order chi connectivity index (χ0) is 19.9. The van der Waals surface area contributed by atoms with Crippen LogP contribution in [0.3, 0.4) is 0 Å². The van der Waals surface area contributed by atoms with Gasteiger partial charge >= 0.3 is 0 Å². The number of piperidine rings is 1. The van der Waals surface area contributed by atoms with Crippen LogP contribution in [0.4, 0.5) is 5.82 Å². The van der Waals surface area contributed by atoms with Crippen LogP contribution in [0.1, 0.15) is 12.8 Å². The van der Waals surface area contributed by atoms with Gasteiger partial charge in [-0.3, -0.25) is 4.68 Å². The summed E-state index contributed by atoms with van der Waals surface area (Å²) in [4.78, 5) is 14.4. The van der Waals surface area contributed by atoms with E-state index < -0.39 is 10.2 Å². The topological polar surface area (TPSA) is 112 Å². The maximum atomic E-state index is 12.0. The lowest BCUT2D eigenvalue weighted by atomic mass is 10.1. The van der Waals surface area contributed by atoms with Crippen molar-refractivity contribution < 1.29 is 8.42 Å². The van der Waals surface area contributed by atoms with E-state index >= 15 is 0 Å². The van der Waals surface area contributed by atoms with Crippen molar-refractivity contribution in [1.29, 1.82) is 0 Å². The van der Waals surface area contributed by atoms with Crippen molar-refractivity contribution >= 4 is 27.1 Å². The summed E-state index contributed by atoms with van der Waals surface area (Å²) in [5.74, 6) is 0.866. The highest BCUT2D eigenvalue weighted by atomic mass is 32.2. The highest BCUT2D eigenvalue weighted by molar-refractivity contribution is 7.87. The largest absolute Gasteiger partial charge is 0.356 e. The Bertz CT molecular complexity index is 1080. The number of aromatic amines is 1. The molecule has 0 saturated carbocycles. The standard InChI is InChI=1S/C17H24N8O2S/c1-23(2)28(26,27)22-13-4-6-25(7-5-13)17-14-8-15(12-9-20-24(3)10-12)21-16(14)18-11-19-17/h8-11,13,22H,4-7H2,1-3H3,(H,18,19,21). The SMILES string of the molecule is CN(C)S(=O)(=O)NC1CCN(c2ncnc3[nH]c(-c4cnn(C)c4)cc23)CC1. The van der Waals surface area contributed by atoms with Crippen molar-refractivity contribution in [3.05, 3.63) is 24.8 Å².